The number of benzene rings is 2. The first-order chi connectivity index (χ1) is 17.3. The first-order valence-corrected chi connectivity index (χ1v) is 13.2. The maximum Gasteiger partial charge on any atom is 0.408 e. The first-order valence-electron chi connectivity index (χ1n) is 13.2. The number of nitrogens with one attached hydrogen (secondary N) is 1. The highest BCUT2D eigenvalue weighted by molar-refractivity contribution is 5.94. The Bertz CT molecular complexity index is 1060. The summed E-state index contributed by atoms with van der Waals surface area (Å²) in [6, 6.07) is 14.1. The normalized spacial score (nSPS) is 20.0. The predicted molar refractivity (Wildman–Crippen MR) is 144 cm³/mol. The summed E-state index contributed by atoms with van der Waals surface area (Å²) in [4.78, 5) is 30.5. The summed E-state index contributed by atoms with van der Waals surface area (Å²) in [6.07, 6.45) is 2.28. The van der Waals surface area contributed by atoms with Crippen LogP contribution in [0.15, 0.2) is 42.5 Å². The molecule has 0 aromatic heterocycles. The molecule has 2 heterocycles. The van der Waals surface area contributed by atoms with Crippen molar-refractivity contribution in [3.8, 4) is 11.1 Å². The van der Waals surface area contributed by atoms with E-state index in [4.69, 9.17) is 0 Å². The Morgan fingerprint density at radius 3 is 2.36 bits per heavy atom. The van der Waals surface area contributed by atoms with Crippen molar-refractivity contribution in [3.05, 3.63) is 53.6 Å². The second-order valence-electron chi connectivity index (χ2n) is 10.5. The molecule has 0 unspecified atom stereocenters. The molecule has 4 rings (SSSR count). The highest BCUT2D eigenvalue weighted by Gasteiger charge is 2.38. The third kappa shape index (κ3) is 5.73. The van der Waals surface area contributed by atoms with E-state index in [1.54, 1.807) is 11.8 Å². The van der Waals surface area contributed by atoms with E-state index in [0.717, 1.165) is 42.0 Å². The van der Waals surface area contributed by atoms with Gasteiger partial charge in [0.25, 0.3) is 0 Å². The van der Waals surface area contributed by atoms with Crippen molar-refractivity contribution < 1.29 is 14.7 Å². The van der Waals surface area contributed by atoms with E-state index >= 15 is 0 Å². The van der Waals surface area contributed by atoms with Crippen molar-refractivity contribution in [2.75, 3.05) is 31.1 Å². The molecule has 1 saturated heterocycles. The zero-order valence-electron chi connectivity index (χ0n) is 22.0. The molecule has 2 aromatic carbocycles. The van der Waals surface area contributed by atoms with Gasteiger partial charge < -0.3 is 20.2 Å². The molecular weight excluding hydrogens is 452 g/mol. The molecule has 2 aliphatic rings. The van der Waals surface area contributed by atoms with Crippen LogP contribution in [-0.2, 0) is 11.3 Å². The monoisotopic (exact) mass is 492 g/mol. The number of anilines is 1. The van der Waals surface area contributed by atoms with E-state index in [0.29, 0.717) is 6.42 Å². The van der Waals surface area contributed by atoms with Gasteiger partial charge in [-0.2, -0.15) is 0 Å². The zero-order chi connectivity index (χ0) is 25.8. The van der Waals surface area contributed by atoms with Crippen LogP contribution in [-0.4, -0.2) is 65.2 Å². The van der Waals surface area contributed by atoms with E-state index in [9.17, 15) is 14.7 Å². The number of carbonyl (C=O) groups excluding carboxylic acids is 1. The molecule has 0 radical (unpaired) electrons. The molecule has 0 aliphatic carbocycles. The van der Waals surface area contributed by atoms with Gasteiger partial charge in [0, 0.05) is 44.3 Å². The minimum atomic E-state index is -0.934. The average Bonchev–Trinajstić information content (AvgIpc) is 3.35. The van der Waals surface area contributed by atoms with Crippen LogP contribution < -0.4 is 10.2 Å². The maximum atomic E-state index is 12.5. The second-order valence-corrected chi connectivity index (χ2v) is 10.5. The van der Waals surface area contributed by atoms with Crippen LogP contribution >= 0.6 is 0 Å². The number of nitrogens with zero attached hydrogens (tertiary/aromatic N) is 3. The quantitative estimate of drug-likeness (QED) is 0.501. The van der Waals surface area contributed by atoms with Crippen molar-refractivity contribution in [1.29, 1.82) is 0 Å². The van der Waals surface area contributed by atoms with Crippen LogP contribution in [0.3, 0.4) is 0 Å². The van der Waals surface area contributed by atoms with Gasteiger partial charge >= 0.3 is 6.09 Å². The van der Waals surface area contributed by atoms with Crippen LogP contribution in [0.1, 0.15) is 64.1 Å². The summed E-state index contributed by atoms with van der Waals surface area (Å²) in [5.74, 6) is -0.0250. The first kappa shape index (κ1) is 26.2. The lowest BCUT2D eigenvalue weighted by molar-refractivity contribution is -0.117. The number of hydrogen-bond acceptors (Lipinski definition) is 4. The SMILES string of the molecule is CC(=O)N1c2ccc(-c3ccc(CNCCN4CCCC4)cc3)cc2[C@H](N(C(=O)O)C(C)C)C[C@@H]1C. The molecule has 2 aromatic rings. The Morgan fingerprint density at radius 2 is 1.75 bits per heavy atom. The molecule has 2 N–H and O–H groups in total. The third-order valence-corrected chi connectivity index (χ3v) is 7.52. The number of carboxylic acid groups (broad SMARTS) is 1. The van der Waals surface area contributed by atoms with Gasteiger partial charge in [0.15, 0.2) is 0 Å². The van der Waals surface area contributed by atoms with Gasteiger partial charge in [0.2, 0.25) is 5.91 Å². The van der Waals surface area contributed by atoms with Crippen LogP contribution in [0.5, 0.6) is 0 Å². The summed E-state index contributed by atoms with van der Waals surface area (Å²) in [5, 5.41) is 13.5. The van der Waals surface area contributed by atoms with Crippen LogP contribution in [0.2, 0.25) is 0 Å². The van der Waals surface area contributed by atoms with E-state index in [1.807, 2.05) is 32.9 Å². The van der Waals surface area contributed by atoms with Gasteiger partial charge in [0.05, 0.1) is 6.04 Å². The Balaban J connectivity index is 1.54. The summed E-state index contributed by atoms with van der Waals surface area (Å²) >= 11 is 0. The van der Waals surface area contributed by atoms with Crippen LogP contribution in [0.4, 0.5) is 10.5 Å². The molecule has 2 aliphatic heterocycles. The van der Waals surface area contributed by atoms with Gasteiger partial charge in [-0.1, -0.05) is 30.3 Å². The number of carbonyl (C=O) groups is 2. The van der Waals surface area contributed by atoms with Crippen molar-refractivity contribution in [2.24, 2.45) is 0 Å². The largest absolute Gasteiger partial charge is 0.465 e. The molecule has 0 bridgehead atoms. The molecule has 0 spiro atoms. The summed E-state index contributed by atoms with van der Waals surface area (Å²) < 4.78 is 0. The Morgan fingerprint density at radius 1 is 1.08 bits per heavy atom. The summed E-state index contributed by atoms with van der Waals surface area (Å²) in [7, 11) is 0. The van der Waals surface area contributed by atoms with Gasteiger partial charge in [-0.3, -0.25) is 9.69 Å². The number of rotatable bonds is 8. The molecule has 194 valence electrons. The minimum Gasteiger partial charge on any atom is -0.465 e. The zero-order valence-corrected chi connectivity index (χ0v) is 22.0. The Kier molecular flexibility index (Phi) is 8.32. The lowest BCUT2D eigenvalue weighted by Crippen LogP contribution is -2.48. The fraction of sp³-hybridized carbons (Fsp3) is 0.517. The average molecular weight is 493 g/mol. The lowest BCUT2D eigenvalue weighted by atomic mass is 9.87. The lowest BCUT2D eigenvalue weighted by Gasteiger charge is -2.43. The van der Waals surface area contributed by atoms with Gasteiger partial charge in [-0.25, -0.2) is 4.79 Å². The fourth-order valence-corrected chi connectivity index (χ4v) is 5.76. The van der Waals surface area contributed by atoms with Gasteiger partial charge in [0.1, 0.15) is 0 Å². The van der Waals surface area contributed by atoms with Crippen LogP contribution in [0, 0.1) is 0 Å². The predicted octanol–water partition coefficient (Wildman–Crippen LogP) is 5.11. The van der Waals surface area contributed by atoms with Crippen molar-refractivity contribution in [2.45, 2.75) is 71.6 Å². The number of likely N-dealkylation sites (tertiary alicyclic amines) is 1. The van der Waals surface area contributed by atoms with Gasteiger partial charge in [-0.15, -0.1) is 0 Å². The van der Waals surface area contributed by atoms with E-state index in [-0.39, 0.29) is 24.0 Å². The van der Waals surface area contributed by atoms with Crippen molar-refractivity contribution in [3.63, 3.8) is 0 Å². The van der Waals surface area contributed by atoms with E-state index in [2.05, 4.69) is 40.5 Å². The number of fused-ring (bicyclic) bond motifs is 1. The standard InChI is InChI=1S/C29H40N4O3/c1-20(2)32(29(35)36)28-17-21(3)33(22(4)34)27-12-11-25(18-26(27)28)24-9-7-23(8-10-24)19-30-13-16-31-14-5-6-15-31/h7-12,18,20-21,28,30H,5-6,13-17,19H2,1-4H3,(H,35,36)/t21-,28+/m0/s1. The molecule has 0 saturated carbocycles. The number of amides is 2. The smallest absolute Gasteiger partial charge is 0.408 e. The third-order valence-electron chi connectivity index (χ3n) is 7.52. The minimum absolute atomic E-state index is 0.0250. The van der Waals surface area contributed by atoms with Gasteiger partial charge in [-0.05, 0) is 87.5 Å². The van der Waals surface area contributed by atoms with Crippen molar-refractivity contribution in [1.82, 2.24) is 15.1 Å². The van der Waals surface area contributed by atoms with Crippen molar-refractivity contribution >= 4 is 17.7 Å². The molecule has 7 nitrogen and oxygen atoms in total. The maximum absolute atomic E-state index is 12.5. The van der Waals surface area contributed by atoms with E-state index in [1.165, 1.54) is 36.4 Å². The van der Waals surface area contributed by atoms with E-state index < -0.39 is 6.09 Å². The summed E-state index contributed by atoms with van der Waals surface area (Å²) in [6.45, 7) is 12.8. The molecule has 7 heteroatoms. The molecular formula is C29H40N4O3. The van der Waals surface area contributed by atoms with Crippen LogP contribution in [0.25, 0.3) is 11.1 Å². The molecule has 2 amide bonds. The molecule has 2 atom stereocenters. The fourth-order valence-electron chi connectivity index (χ4n) is 5.76. The highest BCUT2D eigenvalue weighted by atomic mass is 16.4. The molecule has 1 fully saturated rings. The molecule has 36 heavy (non-hydrogen) atoms. The summed E-state index contributed by atoms with van der Waals surface area (Å²) in [5.41, 5.74) is 5.05. The highest BCUT2D eigenvalue weighted by Crippen LogP contribution is 2.43. The Labute approximate surface area is 215 Å². The second kappa shape index (κ2) is 11.4. The Hall–Kier alpha value is -2.90. The number of hydrogen-bond donors (Lipinski definition) is 2. The topological polar surface area (TPSA) is 76.1 Å².